The molecule has 1 aliphatic carbocycles. The van der Waals surface area contributed by atoms with Gasteiger partial charge in [-0.1, -0.05) is 23.2 Å². The van der Waals surface area contributed by atoms with Crippen LogP contribution in [0.15, 0.2) is 6.07 Å². The fourth-order valence-corrected chi connectivity index (χ4v) is 2.92. The Bertz CT molecular complexity index is 387. The third-order valence-electron chi connectivity index (χ3n) is 2.35. The number of amides is 1. The summed E-state index contributed by atoms with van der Waals surface area (Å²) in [6.45, 7) is 0. The van der Waals surface area contributed by atoms with E-state index in [-0.39, 0.29) is 18.1 Å². The van der Waals surface area contributed by atoms with E-state index >= 15 is 0 Å². The van der Waals surface area contributed by atoms with Crippen molar-refractivity contribution in [2.45, 2.75) is 25.0 Å². The van der Waals surface area contributed by atoms with Crippen molar-refractivity contribution >= 4 is 40.4 Å². The lowest BCUT2D eigenvalue weighted by Crippen LogP contribution is -2.46. The van der Waals surface area contributed by atoms with E-state index in [1.807, 2.05) is 0 Å². The molecule has 0 saturated heterocycles. The molecule has 3 nitrogen and oxygen atoms in total. The molecule has 0 unspecified atom stereocenters. The van der Waals surface area contributed by atoms with Gasteiger partial charge in [-0.2, -0.15) is 0 Å². The Balaban J connectivity index is 1.99. The van der Waals surface area contributed by atoms with Gasteiger partial charge in [0.25, 0.3) is 5.91 Å². The Morgan fingerprint density at radius 1 is 1.53 bits per heavy atom. The molecule has 1 aliphatic rings. The SMILES string of the molecule is O=C(NC1CC(O)C1)c1cc(Cl)sc1Cl. The third kappa shape index (κ3) is 2.45. The first kappa shape index (κ1) is 11.2. The molecular formula is C9H9Cl2NO2S. The third-order valence-corrected chi connectivity index (χ3v) is 3.84. The van der Waals surface area contributed by atoms with Gasteiger partial charge in [-0.05, 0) is 18.9 Å². The first-order valence-corrected chi connectivity index (χ1v) is 6.07. The van der Waals surface area contributed by atoms with Crippen LogP contribution < -0.4 is 5.32 Å². The van der Waals surface area contributed by atoms with Crippen molar-refractivity contribution in [3.8, 4) is 0 Å². The maximum Gasteiger partial charge on any atom is 0.253 e. The molecule has 82 valence electrons. The van der Waals surface area contributed by atoms with E-state index in [0.717, 1.165) is 0 Å². The Kier molecular flexibility index (Phi) is 3.21. The minimum absolute atomic E-state index is 0.0576. The lowest BCUT2D eigenvalue weighted by atomic mass is 9.89. The topological polar surface area (TPSA) is 49.3 Å². The molecule has 1 amide bonds. The van der Waals surface area contributed by atoms with Gasteiger partial charge in [0.1, 0.15) is 4.34 Å². The predicted octanol–water partition coefficient (Wildman–Crippen LogP) is 2.31. The molecule has 0 aromatic carbocycles. The first-order valence-electron chi connectivity index (χ1n) is 4.50. The van der Waals surface area contributed by atoms with E-state index in [1.54, 1.807) is 6.07 Å². The Morgan fingerprint density at radius 2 is 2.20 bits per heavy atom. The van der Waals surface area contributed by atoms with Gasteiger partial charge in [-0.3, -0.25) is 4.79 Å². The lowest BCUT2D eigenvalue weighted by Gasteiger charge is -2.31. The minimum atomic E-state index is -0.281. The van der Waals surface area contributed by atoms with Crippen LogP contribution in [0, 0.1) is 0 Å². The Hall–Kier alpha value is -0.290. The van der Waals surface area contributed by atoms with Crippen LogP contribution in [-0.2, 0) is 0 Å². The van der Waals surface area contributed by atoms with Crippen molar-refractivity contribution in [2.75, 3.05) is 0 Å². The number of carbonyl (C=O) groups is 1. The summed E-state index contributed by atoms with van der Waals surface area (Å²) in [6.07, 6.45) is 0.944. The van der Waals surface area contributed by atoms with Crippen molar-refractivity contribution < 1.29 is 9.90 Å². The zero-order chi connectivity index (χ0) is 11.0. The number of rotatable bonds is 2. The highest BCUT2D eigenvalue weighted by molar-refractivity contribution is 7.20. The van der Waals surface area contributed by atoms with E-state index in [9.17, 15) is 4.79 Å². The minimum Gasteiger partial charge on any atom is -0.393 e. The van der Waals surface area contributed by atoms with Crippen LogP contribution in [0.4, 0.5) is 0 Å². The standard InChI is InChI=1S/C9H9Cl2NO2S/c10-7-3-6(8(11)15-7)9(14)12-4-1-5(13)2-4/h3-5,13H,1-2H2,(H,12,14). The fourth-order valence-electron chi connectivity index (χ4n) is 1.46. The number of aliphatic hydroxyl groups is 1. The van der Waals surface area contributed by atoms with E-state index < -0.39 is 0 Å². The molecule has 1 aromatic heterocycles. The van der Waals surface area contributed by atoms with Crippen LogP contribution >= 0.6 is 34.5 Å². The van der Waals surface area contributed by atoms with Gasteiger partial charge in [-0.15, -0.1) is 11.3 Å². The van der Waals surface area contributed by atoms with Gasteiger partial charge < -0.3 is 10.4 Å². The largest absolute Gasteiger partial charge is 0.393 e. The van der Waals surface area contributed by atoms with Crippen LogP contribution in [0.5, 0.6) is 0 Å². The van der Waals surface area contributed by atoms with Crippen molar-refractivity contribution in [2.24, 2.45) is 0 Å². The van der Waals surface area contributed by atoms with Gasteiger partial charge in [0.05, 0.1) is 16.0 Å². The number of carbonyl (C=O) groups excluding carboxylic acids is 1. The highest BCUT2D eigenvalue weighted by Gasteiger charge is 2.29. The molecule has 1 heterocycles. The van der Waals surface area contributed by atoms with Gasteiger partial charge in [0.2, 0.25) is 0 Å². The number of thiophene rings is 1. The summed E-state index contributed by atoms with van der Waals surface area (Å²) in [5, 5.41) is 11.8. The molecule has 1 fully saturated rings. The van der Waals surface area contributed by atoms with Gasteiger partial charge in [0, 0.05) is 6.04 Å². The molecule has 0 bridgehead atoms. The van der Waals surface area contributed by atoms with Crippen LogP contribution in [0.1, 0.15) is 23.2 Å². The number of hydrogen-bond acceptors (Lipinski definition) is 3. The van der Waals surface area contributed by atoms with Crippen LogP contribution in [0.2, 0.25) is 8.67 Å². The first-order chi connectivity index (χ1) is 7.06. The van der Waals surface area contributed by atoms with Gasteiger partial charge in [-0.25, -0.2) is 0 Å². The monoisotopic (exact) mass is 265 g/mol. The normalized spacial score (nSPS) is 24.7. The van der Waals surface area contributed by atoms with Crippen molar-refractivity contribution in [3.05, 3.63) is 20.3 Å². The summed E-state index contributed by atoms with van der Waals surface area (Å²) < 4.78 is 0.899. The van der Waals surface area contributed by atoms with Gasteiger partial charge in [0.15, 0.2) is 0 Å². The van der Waals surface area contributed by atoms with Gasteiger partial charge >= 0.3 is 0 Å². The Labute approximate surface area is 101 Å². The fraction of sp³-hybridized carbons (Fsp3) is 0.444. The summed E-state index contributed by atoms with van der Waals surface area (Å²) in [6, 6.07) is 1.61. The Morgan fingerprint density at radius 3 is 2.67 bits per heavy atom. The summed E-state index contributed by atoms with van der Waals surface area (Å²) in [7, 11) is 0. The molecule has 0 spiro atoms. The second-order valence-corrected chi connectivity index (χ2v) is 5.82. The van der Waals surface area contributed by atoms with Crippen LogP contribution in [-0.4, -0.2) is 23.2 Å². The molecular weight excluding hydrogens is 257 g/mol. The van der Waals surface area contributed by atoms with E-state index in [0.29, 0.717) is 27.1 Å². The molecule has 0 radical (unpaired) electrons. The predicted molar refractivity (Wildman–Crippen MR) is 60.8 cm³/mol. The van der Waals surface area contributed by atoms with E-state index in [1.165, 1.54) is 11.3 Å². The zero-order valence-corrected chi connectivity index (χ0v) is 9.99. The summed E-state index contributed by atoms with van der Waals surface area (Å²) in [5.74, 6) is -0.222. The summed E-state index contributed by atoms with van der Waals surface area (Å²) >= 11 is 12.7. The zero-order valence-electron chi connectivity index (χ0n) is 7.67. The van der Waals surface area contributed by atoms with Crippen molar-refractivity contribution in [3.63, 3.8) is 0 Å². The van der Waals surface area contributed by atoms with Crippen molar-refractivity contribution in [1.82, 2.24) is 5.32 Å². The maximum absolute atomic E-state index is 11.7. The summed E-state index contributed by atoms with van der Waals surface area (Å²) in [4.78, 5) is 11.7. The average Bonchev–Trinajstić information content (AvgIpc) is 2.42. The highest BCUT2D eigenvalue weighted by Crippen LogP contribution is 2.31. The van der Waals surface area contributed by atoms with E-state index in [2.05, 4.69) is 5.32 Å². The van der Waals surface area contributed by atoms with Crippen LogP contribution in [0.25, 0.3) is 0 Å². The quantitative estimate of drug-likeness (QED) is 0.863. The molecule has 6 heteroatoms. The summed E-state index contributed by atoms with van der Waals surface area (Å²) in [5.41, 5.74) is 0.410. The molecule has 1 saturated carbocycles. The second-order valence-electron chi connectivity index (χ2n) is 3.53. The number of hydrogen-bond donors (Lipinski definition) is 2. The highest BCUT2D eigenvalue weighted by atomic mass is 35.5. The molecule has 0 atom stereocenters. The lowest BCUT2D eigenvalue weighted by molar-refractivity contribution is 0.0563. The molecule has 2 rings (SSSR count). The smallest absolute Gasteiger partial charge is 0.253 e. The second kappa shape index (κ2) is 4.29. The number of halogens is 2. The average molecular weight is 266 g/mol. The van der Waals surface area contributed by atoms with Crippen LogP contribution in [0.3, 0.4) is 0 Å². The molecule has 2 N–H and O–H groups in total. The van der Waals surface area contributed by atoms with E-state index in [4.69, 9.17) is 28.3 Å². The number of aliphatic hydroxyl groups excluding tert-OH is 1. The maximum atomic E-state index is 11.7. The molecule has 1 aromatic rings. The van der Waals surface area contributed by atoms with Crippen molar-refractivity contribution in [1.29, 1.82) is 0 Å². The molecule has 15 heavy (non-hydrogen) atoms. The number of nitrogens with one attached hydrogen (secondary N) is 1. The molecule has 0 aliphatic heterocycles.